The third kappa shape index (κ3) is 2.20. The molecule has 0 fully saturated rings. The van der Waals surface area contributed by atoms with Gasteiger partial charge in [-0.15, -0.1) is 0 Å². The topological polar surface area (TPSA) is 50.7 Å². The number of methoxy groups -OCH3 is 1. The van der Waals surface area contributed by atoms with Crippen molar-refractivity contribution in [3.8, 4) is 0 Å². The molecule has 0 amide bonds. The summed E-state index contributed by atoms with van der Waals surface area (Å²) in [5, 5.41) is 3.04. The predicted molar refractivity (Wildman–Crippen MR) is 65.7 cm³/mol. The zero-order valence-corrected chi connectivity index (χ0v) is 9.86. The lowest BCUT2D eigenvalue weighted by Crippen LogP contribution is -2.28. The molecule has 1 heterocycles. The molecule has 1 aromatic rings. The highest BCUT2D eigenvalue weighted by Crippen LogP contribution is 2.16. The summed E-state index contributed by atoms with van der Waals surface area (Å²) in [6.07, 6.45) is 0. The van der Waals surface area contributed by atoms with Crippen molar-refractivity contribution in [2.24, 2.45) is 4.99 Å². The fraction of sp³-hybridized carbons (Fsp3) is 0.231. The smallest absolute Gasteiger partial charge is 0.341 e. The van der Waals surface area contributed by atoms with Gasteiger partial charge in [-0.25, -0.2) is 4.79 Å². The van der Waals surface area contributed by atoms with Crippen molar-refractivity contribution in [1.82, 2.24) is 5.32 Å². The molecule has 0 radical (unpaired) electrons. The van der Waals surface area contributed by atoms with Crippen LogP contribution in [0.2, 0.25) is 0 Å². The van der Waals surface area contributed by atoms with Crippen LogP contribution in [0.1, 0.15) is 12.5 Å². The number of aliphatic imine (C=N–C) groups is 1. The summed E-state index contributed by atoms with van der Waals surface area (Å²) in [4.78, 5) is 16.1. The third-order valence-corrected chi connectivity index (χ3v) is 2.63. The maximum atomic E-state index is 11.8. The molecule has 0 saturated carbocycles. The van der Waals surface area contributed by atoms with E-state index in [2.05, 4.69) is 10.3 Å². The Morgan fingerprint density at radius 1 is 1.35 bits per heavy atom. The number of hydrogen-bond donors (Lipinski definition) is 1. The molecule has 0 bridgehead atoms. The van der Waals surface area contributed by atoms with Gasteiger partial charge in [0.1, 0.15) is 12.2 Å². The van der Waals surface area contributed by atoms with E-state index in [1.807, 2.05) is 37.3 Å². The van der Waals surface area contributed by atoms with Crippen LogP contribution in [0.15, 0.2) is 46.6 Å². The molecule has 1 aliphatic rings. The second-order valence-electron chi connectivity index (χ2n) is 3.70. The molecule has 1 aliphatic heterocycles. The number of nitrogens with one attached hydrogen (secondary N) is 1. The molecule has 17 heavy (non-hydrogen) atoms. The van der Waals surface area contributed by atoms with E-state index >= 15 is 0 Å². The number of benzene rings is 1. The maximum Gasteiger partial charge on any atom is 0.341 e. The van der Waals surface area contributed by atoms with E-state index in [-0.39, 0.29) is 5.97 Å². The lowest BCUT2D eigenvalue weighted by molar-refractivity contribution is -0.135. The van der Waals surface area contributed by atoms with E-state index in [1.54, 1.807) is 0 Å². The van der Waals surface area contributed by atoms with Gasteiger partial charge in [0.05, 0.1) is 12.8 Å². The lowest BCUT2D eigenvalue weighted by Gasteiger charge is -2.18. The van der Waals surface area contributed by atoms with Gasteiger partial charge in [0.2, 0.25) is 0 Å². The van der Waals surface area contributed by atoms with Crippen molar-refractivity contribution in [3.05, 3.63) is 47.2 Å². The van der Waals surface area contributed by atoms with Gasteiger partial charge in [-0.1, -0.05) is 30.3 Å². The van der Waals surface area contributed by atoms with Crippen LogP contribution in [0.4, 0.5) is 0 Å². The highest BCUT2D eigenvalue weighted by atomic mass is 16.5. The number of nitrogens with zero attached hydrogens (tertiary/aromatic N) is 1. The first-order valence-corrected chi connectivity index (χ1v) is 5.37. The quantitative estimate of drug-likeness (QED) is 0.783. The predicted octanol–water partition coefficient (Wildman–Crippen LogP) is 1.48. The second kappa shape index (κ2) is 4.82. The number of carbonyl (C=O) groups is 1. The molecular weight excluding hydrogens is 216 g/mol. The molecule has 4 heteroatoms. The molecule has 4 nitrogen and oxygen atoms in total. The van der Waals surface area contributed by atoms with Crippen molar-refractivity contribution in [2.45, 2.75) is 6.92 Å². The highest BCUT2D eigenvalue weighted by Gasteiger charge is 2.23. The van der Waals surface area contributed by atoms with Gasteiger partial charge in [0.15, 0.2) is 0 Å². The van der Waals surface area contributed by atoms with Gasteiger partial charge < -0.3 is 10.1 Å². The van der Waals surface area contributed by atoms with Crippen LogP contribution < -0.4 is 5.32 Å². The van der Waals surface area contributed by atoms with E-state index in [0.29, 0.717) is 18.0 Å². The maximum absolute atomic E-state index is 11.8. The zero-order valence-electron chi connectivity index (χ0n) is 9.86. The number of carbonyl (C=O) groups excluding carboxylic acids is 1. The number of rotatable bonds is 2. The monoisotopic (exact) mass is 230 g/mol. The normalized spacial score (nSPS) is 15.1. The summed E-state index contributed by atoms with van der Waals surface area (Å²) in [6, 6.07) is 9.63. The highest BCUT2D eigenvalue weighted by molar-refractivity contribution is 6.27. The number of allylic oxidation sites excluding steroid dienone is 1. The van der Waals surface area contributed by atoms with Crippen LogP contribution >= 0.6 is 0 Å². The Balaban J connectivity index is 2.46. The van der Waals surface area contributed by atoms with Crippen molar-refractivity contribution in [3.63, 3.8) is 0 Å². The van der Waals surface area contributed by atoms with E-state index in [1.165, 1.54) is 7.11 Å². The zero-order chi connectivity index (χ0) is 12.3. The van der Waals surface area contributed by atoms with Crippen molar-refractivity contribution in [2.75, 3.05) is 13.8 Å². The Labute approximate surface area is 100 Å². The largest absolute Gasteiger partial charge is 0.465 e. The van der Waals surface area contributed by atoms with Crippen molar-refractivity contribution >= 4 is 11.7 Å². The molecule has 0 spiro atoms. The number of esters is 1. The van der Waals surface area contributed by atoms with Crippen molar-refractivity contribution < 1.29 is 9.53 Å². The molecule has 88 valence electrons. The van der Waals surface area contributed by atoms with E-state index in [4.69, 9.17) is 4.74 Å². The Morgan fingerprint density at radius 3 is 2.71 bits per heavy atom. The van der Waals surface area contributed by atoms with Crippen LogP contribution in [0, 0.1) is 0 Å². The summed E-state index contributed by atoms with van der Waals surface area (Å²) in [5.74, 6) is -0.364. The van der Waals surface area contributed by atoms with Gasteiger partial charge in [-0.3, -0.25) is 4.99 Å². The minimum Gasteiger partial charge on any atom is -0.465 e. The van der Waals surface area contributed by atoms with E-state index < -0.39 is 0 Å². The summed E-state index contributed by atoms with van der Waals surface area (Å²) >= 11 is 0. The lowest BCUT2D eigenvalue weighted by atomic mass is 10.00. The summed E-state index contributed by atoms with van der Waals surface area (Å²) in [5.41, 5.74) is 2.91. The average molecular weight is 230 g/mol. The first kappa shape index (κ1) is 11.4. The Morgan fingerprint density at radius 2 is 2.06 bits per heavy atom. The van der Waals surface area contributed by atoms with Gasteiger partial charge in [-0.2, -0.15) is 0 Å². The SMILES string of the molecule is COC(=O)C1=C(C)NCN=C1c1ccccc1. The summed E-state index contributed by atoms with van der Waals surface area (Å²) < 4.78 is 4.79. The fourth-order valence-corrected chi connectivity index (χ4v) is 1.77. The third-order valence-electron chi connectivity index (χ3n) is 2.63. The minimum atomic E-state index is -0.364. The first-order chi connectivity index (χ1) is 8.24. The molecule has 0 unspecified atom stereocenters. The van der Waals surface area contributed by atoms with Crippen LogP contribution in [-0.4, -0.2) is 25.5 Å². The van der Waals surface area contributed by atoms with E-state index in [0.717, 1.165) is 11.3 Å². The molecule has 0 atom stereocenters. The van der Waals surface area contributed by atoms with Gasteiger partial charge in [-0.05, 0) is 6.92 Å². The van der Waals surface area contributed by atoms with Crippen LogP contribution in [0.3, 0.4) is 0 Å². The molecule has 0 saturated heterocycles. The van der Waals surface area contributed by atoms with Gasteiger partial charge >= 0.3 is 5.97 Å². The van der Waals surface area contributed by atoms with Crippen LogP contribution in [0.5, 0.6) is 0 Å². The van der Waals surface area contributed by atoms with E-state index in [9.17, 15) is 4.79 Å². The molecule has 0 aliphatic carbocycles. The molecule has 1 N–H and O–H groups in total. The number of ether oxygens (including phenoxy) is 1. The minimum absolute atomic E-state index is 0.364. The van der Waals surface area contributed by atoms with Gasteiger partial charge in [0.25, 0.3) is 0 Å². The fourth-order valence-electron chi connectivity index (χ4n) is 1.77. The standard InChI is InChI=1S/C13H14N2O2/c1-9-11(13(16)17-2)12(15-8-14-9)10-6-4-3-5-7-10/h3-7,14H,8H2,1-2H3. The molecule has 2 rings (SSSR count). The van der Waals surface area contributed by atoms with Crippen molar-refractivity contribution in [1.29, 1.82) is 0 Å². The molecule has 0 aromatic heterocycles. The Bertz CT molecular complexity index is 489. The first-order valence-electron chi connectivity index (χ1n) is 5.37. The average Bonchev–Trinajstić information content (AvgIpc) is 2.38. The summed E-state index contributed by atoms with van der Waals surface area (Å²) in [7, 11) is 1.37. The summed E-state index contributed by atoms with van der Waals surface area (Å²) in [6.45, 7) is 2.33. The Kier molecular flexibility index (Phi) is 3.23. The Hall–Kier alpha value is -2.10. The number of hydrogen-bond acceptors (Lipinski definition) is 4. The van der Waals surface area contributed by atoms with Gasteiger partial charge in [0, 0.05) is 11.3 Å². The van der Waals surface area contributed by atoms with Crippen LogP contribution in [0.25, 0.3) is 0 Å². The second-order valence-corrected chi connectivity index (χ2v) is 3.70. The molecular formula is C13H14N2O2. The molecule has 1 aromatic carbocycles. The van der Waals surface area contributed by atoms with Crippen LogP contribution in [-0.2, 0) is 9.53 Å².